The van der Waals surface area contributed by atoms with Crippen LogP contribution >= 0.6 is 11.6 Å². The Hall–Kier alpha value is -3.66. The van der Waals surface area contributed by atoms with E-state index < -0.39 is 23.4 Å². The van der Waals surface area contributed by atoms with Crippen LogP contribution in [0.5, 0.6) is 0 Å². The maximum atomic E-state index is 14.2. The summed E-state index contributed by atoms with van der Waals surface area (Å²) in [5.74, 6) is -2.79. The lowest BCUT2D eigenvalue weighted by Gasteiger charge is -2.30. The number of aromatic nitrogens is 2. The molecule has 7 nitrogen and oxygen atoms in total. The first-order valence-corrected chi connectivity index (χ1v) is 11.8. The number of carbonyl (C=O) groups is 1. The third-order valence-corrected chi connectivity index (χ3v) is 6.04. The summed E-state index contributed by atoms with van der Waals surface area (Å²) >= 11 is 5.82. The molecular weight excluding hydrogens is 493 g/mol. The molecule has 1 amide bonds. The van der Waals surface area contributed by atoms with Crippen LogP contribution in [0.25, 0.3) is 0 Å². The van der Waals surface area contributed by atoms with Gasteiger partial charge in [0, 0.05) is 47.2 Å². The number of halogens is 4. The zero-order chi connectivity index (χ0) is 25.5. The molecule has 3 N–H and O–H groups in total. The largest absolute Gasteiger partial charge is 0.353 e. The number of hydrogen-bond acceptors (Lipinski definition) is 4. The van der Waals surface area contributed by atoms with Crippen molar-refractivity contribution in [2.24, 2.45) is 4.99 Å². The first-order chi connectivity index (χ1) is 17.4. The van der Waals surface area contributed by atoms with E-state index in [1.807, 2.05) is 0 Å². The maximum Gasteiger partial charge on any atom is 0.280 e. The van der Waals surface area contributed by atoms with Gasteiger partial charge in [0.1, 0.15) is 5.82 Å². The van der Waals surface area contributed by atoms with Gasteiger partial charge in [0.05, 0.1) is 0 Å². The lowest BCUT2D eigenvalue weighted by atomic mass is 9.91. The van der Waals surface area contributed by atoms with Gasteiger partial charge >= 0.3 is 0 Å². The van der Waals surface area contributed by atoms with E-state index in [0.29, 0.717) is 11.5 Å². The minimum Gasteiger partial charge on any atom is -0.353 e. The monoisotopic (exact) mass is 516 g/mol. The second-order valence-corrected chi connectivity index (χ2v) is 8.83. The summed E-state index contributed by atoms with van der Waals surface area (Å²) in [6.45, 7) is 0.0299. The van der Waals surface area contributed by atoms with E-state index in [1.54, 1.807) is 24.5 Å². The number of guanidine groups is 1. The fourth-order valence-electron chi connectivity index (χ4n) is 3.89. The summed E-state index contributed by atoms with van der Waals surface area (Å²) in [4.78, 5) is 25.1. The Morgan fingerprint density at radius 1 is 0.944 bits per heavy atom. The Morgan fingerprint density at radius 3 is 2.36 bits per heavy atom. The molecule has 0 unspecified atom stereocenters. The van der Waals surface area contributed by atoms with E-state index >= 15 is 0 Å². The molecule has 1 aromatic heterocycles. The molecule has 4 rings (SSSR count). The van der Waals surface area contributed by atoms with Crippen molar-refractivity contribution in [2.45, 2.75) is 44.3 Å². The van der Waals surface area contributed by atoms with Gasteiger partial charge in [0.2, 0.25) is 5.95 Å². The quantitative estimate of drug-likeness (QED) is 0.320. The molecule has 0 aliphatic heterocycles. The van der Waals surface area contributed by atoms with Gasteiger partial charge in [-0.2, -0.15) is 4.99 Å². The predicted molar refractivity (Wildman–Crippen MR) is 131 cm³/mol. The number of aliphatic imine (C=N–C) groups is 1. The Labute approximate surface area is 211 Å². The minimum atomic E-state index is -1.14. The summed E-state index contributed by atoms with van der Waals surface area (Å²) in [5, 5.41) is 9.74. The number of hydrogen-bond donors (Lipinski definition) is 3. The number of nitrogens with zero attached hydrogens (tertiary/aromatic N) is 3. The van der Waals surface area contributed by atoms with Crippen LogP contribution in [0, 0.1) is 17.5 Å². The lowest BCUT2D eigenvalue weighted by Crippen LogP contribution is -2.46. The molecule has 1 heterocycles. The van der Waals surface area contributed by atoms with Gasteiger partial charge in [0.25, 0.3) is 5.91 Å². The summed E-state index contributed by atoms with van der Waals surface area (Å²) in [6, 6.07) is 9.03. The first-order valence-electron chi connectivity index (χ1n) is 11.4. The van der Waals surface area contributed by atoms with E-state index in [0.717, 1.165) is 43.9 Å². The molecule has 1 fully saturated rings. The van der Waals surface area contributed by atoms with Crippen LogP contribution < -0.4 is 16.0 Å². The van der Waals surface area contributed by atoms with Gasteiger partial charge in [-0.25, -0.2) is 23.1 Å². The zero-order valence-corrected chi connectivity index (χ0v) is 19.9. The second kappa shape index (κ2) is 11.9. The molecule has 1 saturated carbocycles. The highest BCUT2D eigenvalue weighted by atomic mass is 35.5. The van der Waals surface area contributed by atoms with Crippen LogP contribution in [-0.4, -0.2) is 33.9 Å². The van der Waals surface area contributed by atoms with E-state index in [9.17, 15) is 18.0 Å². The number of carbonyl (C=O) groups excluding carboxylic acids is 1. The topological polar surface area (TPSA) is 91.3 Å². The van der Waals surface area contributed by atoms with Crippen molar-refractivity contribution < 1.29 is 18.0 Å². The van der Waals surface area contributed by atoms with Crippen LogP contribution in [0.1, 0.15) is 41.6 Å². The average molecular weight is 517 g/mol. The van der Waals surface area contributed by atoms with E-state index in [4.69, 9.17) is 11.6 Å². The zero-order valence-electron chi connectivity index (χ0n) is 19.1. The number of benzene rings is 2. The normalized spacial score (nSPS) is 17.9. The second-order valence-electron chi connectivity index (χ2n) is 8.39. The standard InChI is InChI=1S/C25H24ClF3N6O/c26-17-4-2-16(21(28)13-17)14-32-25(35-23(36)15-3-9-20(27)22(29)12-15)34-19-7-5-18(6-8-19)33-24-30-10-1-11-31-24/h1-4,9-13,18-19H,5-8,14H2,(H,30,31,33)(H2,32,34,35,36)/t18-,19-. The van der Waals surface area contributed by atoms with Gasteiger partial charge < -0.3 is 16.0 Å². The van der Waals surface area contributed by atoms with Crippen LogP contribution in [-0.2, 0) is 6.54 Å². The van der Waals surface area contributed by atoms with Crippen molar-refractivity contribution in [1.82, 2.24) is 20.6 Å². The summed E-state index contributed by atoms with van der Waals surface area (Å²) in [7, 11) is 0. The average Bonchev–Trinajstić information content (AvgIpc) is 2.87. The molecule has 0 spiro atoms. The van der Waals surface area contributed by atoms with E-state index in [1.165, 1.54) is 12.1 Å². The molecule has 188 valence electrons. The molecule has 36 heavy (non-hydrogen) atoms. The van der Waals surface area contributed by atoms with Crippen molar-refractivity contribution in [3.05, 3.63) is 88.5 Å². The fraction of sp³-hybridized carbons (Fsp3) is 0.280. The smallest absolute Gasteiger partial charge is 0.280 e. The highest BCUT2D eigenvalue weighted by Gasteiger charge is 2.23. The molecule has 0 radical (unpaired) electrons. The van der Waals surface area contributed by atoms with Crippen molar-refractivity contribution in [2.75, 3.05) is 5.32 Å². The Kier molecular flexibility index (Phi) is 8.37. The molecule has 0 saturated heterocycles. The lowest BCUT2D eigenvalue weighted by molar-refractivity contribution is 0.100. The van der Waals surface area contributed by atoms with Crippen LogP contribution in [0.15, 0.2) is 59.9 Å². The molecule has 0 bridgehead atoms. The predicted octanol–water partition coefficient (Wildman–Crippen LogP) is 4.85. The van der Waals surface area contributed by atoms with Crippen LogP contribution in [0.2, 0.25) is 5.02 Å². The number of amides is 1. The Bertz CT molecular complexity index is 1240. The summed E-state index contributed by atoms with van der Waals surface area (Å²) in [5.41, 5.74) is 0.216. The van der Waals surface area contributed by atoms with Gasteiger partial charge in [-0.1, -0.05) is 17.7 Å². The third-order valence-electron chi connectivity index (χ3n) is 5.81. The van der Waals surface area contributed by atoms with Crippen molar-refractivity contribution >= 4 is 29.4 Å². The van der Waals surface area contributed by atoms with Crippen molar-refractivity contribution in [3.8, 4) is 0 Å². The van der Waals surface area contributed by atoms with Gasteiger partial charge in [0.15, 0.2) is 17.6 Å². The number of rotatable bonds is 6. The highest BCUT2D eigenvalue weighted by Crippen LogP contribution is 2.21. The Balaban J connectivity index is 1.44. The highest BCUT2D eigenvalue weighted by molar-refractivity contribution is 6.30. The Morgan fingerprint density at radius 2 is 1.67 bits per heavy atom. The van der Waals surface area contributed by atoms with E-state index in [2.05, 4.69) is 30.9 Å². The fourth-order valence-corrected chi connectivity index (χ4v) is 4.05. The molecule has 2 aromatic carbocycles. The summed E-state index contributed by atoms with van der Waals surface area (Å²) in [6.07, 6.45) is 6.52. The van der Waals surface area contributed by atoms with Crippen molar-refractivity contribution in [1.29, 1.82) is 0 Å². The minimum absolute atomic E-state index is 0.0150. The first kappa shape index (κ1) is 25.4. The third kappa shape index (κ3) is 6.94. The maximum absolute atomic E-state index is 14.2. The van der Waals surface area contributed by atoms with Crippen molar-refractivity contribution in [3.63, 3.8) is 0 Å². The molecule has 3 aromatic rings. The van der Waals surface area contributed by atoms with Crippen LogP contribution in [0.4, 0.5) is 19.1 Å². The van der Waals surface area contributed by atoms with Gasteiger partial charge in [-0.05, 0) is 62.1 Å². The summed E-state index contributed by atoms with van der Waals surface area (Å²) < 4.78 is 41.1. The van der Waals surface area contributed by atoms with Gasteiger partial charge in [-0.15, -0.1) is 0 Å². The SMILES string of the molecule is O=C(/N=C(/NCc1ccc(Cl)cc1F)N[C@H]1CC[C@H](Nc2ncccn2)CC1)c1ccc(F)c(F)c1. The van der Waals surface area contributed by atoms with Crippen LogP contribution in [0.3, 0.4) is 0 Å². The number of anilines is 1. The molecule has 1 aliphatic carbocycles. The van der Waals surface area contributed by atoms with E-state index in [-0.39, 0.29) is 35.2 Å². The molecule has 1 aliphatic rings. The van der Waals surface area contributed by atoms with Gasteiger partial charge in [-0.3, -0.25) is 4.79 Å². The number of nitrogens with one attached hydrogen (secondary N) is 3. The molecule has 11 heteroatoms. The molecular formula is C25H24ClF3N6O. The molecule has 0 atom stereocenters.